The maximum Gasteiger partial charge on any atom is 0.307 e. The average Bonchev–Trinajstić information content (AvgIpc) is 2.45. The van der Waals surface area contributed by atoms with Gasteiger partial charge < -0.3 is 15.2 Å². The molecule has 2 atom stereocenters. The summed E-state index contributed by atoms with van der Waals surface area (Å²) in [5.41, 5.74) is 0.210. The molecule has 0 heterocycles. The molecule has 20 heavy (non-hydrogen) atoms. The molecule has 0 spiro atoms. The molecule has 2 unspecified atom stereocenters. The zero-order valence-electron chi connectivity index (χ0n) is 11.5. The van der Waals surface area contributed by atoms with Gasteiger partial charge in [0.25, 0.3) is 0 Å². The molecule has 0 saturated carbocycles. The fraction of sp³-hybridized carbons (Fsp3) is 0.500. The molecule has 1 aromatic rings. The fourth-order valence-electron chi connectivity index (χ4n) is 1.82. The Labute approximate surface area is 116 Å². The van der Waals surface area contributed by atoms with Crippen molar-refractivity contribution in [1.29, 1.82) is 0 Å². The first-order chi connectivity index (χ1) is 9.49. The van der Waals surface area contributed by atoms with Gasteiger partial charge in [0.2, 0.25) is 0 Å². The van der Waals surface area contributed by atoms with Crippen LogP contribution in [0.4, 0.5) is 8.78 Å². The number of halogens is 2. The summed E-state index contributed by atoms with van der Waals surface area (Å²) in [7, 11) is 1.25. The third kappa shape index (κ3) is 4.54. The van der Waals surface area contributed by atoms with Gasteiger partial charge in [0.05, 0.1) is 19.6 Å². The van der Waals surface area contributed by atoms with Crippen LogP contribution in [-0.2, 0) is 9.53 Å². The zero-order chi connectivity index (χ0) is 15.1. The highest BCUT2D eigenvalue weighted by Crippen LogP contribution is 2.21. The van der Waals surface area contributed by atoms with Crippen molar-refractivity contribution in [1.82, 2.24) is 5.32 Å². The van der Waals surface area contributed by atoms with Crippen molar-refractivity contribution >= 4 is 5.97 Å². The minimum absolute atomic E-state index is 0.0589. The summed E-state index contributed by atoms with van der Waals surface area (Å²) in [6.45, 7) is 2.52. The third-order valence-corrected chi connectivity index (χ3v) is 2.94. The molecule has 0 saturated heterocycles. The van der Waals surface area contributed by atoms with Crippen molar-refractivity contribution in [2.24, 2.45) is 0 Å². The predicted molar refractivity (Wildman–Crippen MR) is 70.0 cm³/mol. The minimum Gasteiger partial charge on any atom is -0.469 e. The van der Waals surface area contributed by atoms with E-state index in [4.69, 9.17) is 0 Å². The van der Waals surface area contributed by atoms with Gasteiger partial charge in [-0.2, -0.15) is 0 Å². The van der Waals surface area contributed by atoms with Crippen molar-refractivity contribution in [3.8, 4) is 0 Å². The summed E-state index contributed by atoms with van der Waals surface area (Å²) in [5, 5.41) is 13.2. The molecule has 0 aliphatic heterocycles. The van der Waals surface area contributed by atoms with E-state index in [0.29, 0.717) is 6.54 Å². The van der Waals surface area contributed by atoms with Gasteiger partial charge in [0.1, 0.15) is 0 Å². The second-order valence-corrected chi connectivity index (χ2v) is 4.46. The summed E-state index contributed by atoms with van der Waals surface area (Å²) in [4.78, 5) is 11.3. The van der Waals surface area contributed by atoms with Crippen LogP contribution in [-0.4, -0.2) is 30.8 Å². The van der Waals surface area contributed by atoms with E-state index >= 15 is 0 Å². The number of carbonyl (C=O) groups excluding carboxylic acids is 1. The molecule has 4 nitrogen and oxygen atoms in total. The number of hydrogen-bond donors (Lipinski definition) is 2. The van der Waals surface area contributed by atoms with E-state index in [0.717, 1.165) is 18.6 Å². The van der Waals surface area contributed by atoms with Crippen LogP contribution in [0, 0.1) is 11.6 Å². The molecule has 0 aliphatic carbocycles. The monoisotopic (exact) mass is 287 g/mol. The Morgan fingerprint density at radius 1 is 1.40 bits per heavy atom. The number of esters is 1. The Balaban J connectivity index is 2.86. The number of ether oxygens (including phenoxy) is 1. The van der Waals surface area contributed by atoms with Gasteiger partial charge in [-0.05, 0) is 30.7 Å². The Bertz CT molecular complexity index is 454. The summed E-state index contributed by atoms with van der Waals surface area (Å²) in [5.74, 6) is -2.50. The molecule has 0 aliphatic rings. The first kappa shape index (κ1) is 16.5. The smallest absolute Gasteiger partial charge is 0.307 e. The molecular formula is C14H19F2NO3. The number of nitrogens with one attached hydrogen (secondary N) is 1. The van der Waals surface area contributed by atoms with E-state index in [2.05, 4.69) is 10.1 Å². The van der Waals surface area contributed by atoms with Crippen LogP contribution >= 0.6 is 0 Å². The normalized spacial score (nSPS) is 13.8. The van der Waals surface area contributed by atoms with Gasteiger partial charge in [0, 0.05) is 6.04 Å². The van der Waals surface area contributed by atoms with Crippen molar-refractivity contribution in [2.75, 3.05) is 13.7 Å². The zero-order valence-corrected chi connectivity index (χ0v) is 11.5. The molecule has 112 valence electrons. The lowest BCUT2D eigenvalue weighted by atomic mass is 9.99. The quantitative estimate of drug-likeness (QED) is 0.752. The van der Waals surface area contributed by atoms with E-state index in [9.17, 15) is 18.7 Å². The highest BCUT2D eigenvalue weighted by atomic mass is 19.2. The van der Waals surface area contributed by atoms with Crippen LogP contribution in [0.25, 0.3) is 0 Å². The number of hydrogen-bond acceptors (Lipinski definition) is 4. The van der Waals surface area contributed by atoms with E-state index in [-0.39, 0.29) is 12.0 Å². The summed E-state index contributed by atoms with van der Waals surface area (Å²) in [6, 6.07) is 2.55. The maximum absolute atomic E-state index is 13.2. The predicted octanol–water partition coefficient (Wildman–Crippen LogP) is 1.93. The largest absolute Gasteiger partial charge is 0.469 e. The molecule has 6 heteroatoms. The molecule has 0 fully saturated rings. The van der Waals surface area contributed by atoms with Crippen molar-refractivity contribution < 1.29 is 23.4 Å². The minimum atomic E-state index is -1.13. The van der Waals surface area contributed by atoms with Crippen molar-refractivity contribution in [2.45, 2.75) is 31.9 Å². The number of carbonyl (C=O) groups is 1. The number of benzene rings is 1. The van der Waals surface area contributed by atoms with Gasteiger partial charge >= 0.3 is 5.97 Å². The lowest BCUT2D eigenvalue weighted by Gasteiger charge is -2.23. The molecule has 1 rings (SSSR count). The Morgan fingerprint density at radius 3 is 2.65 bits per heavy atom. The Morgan fingerprint density at radius 2 is 2.10 bits per heavy atom. The van der Waals surface area contributed by atoms with Crippen LogP contribution in [0.1, 0.15) is 31.4 Å². The molecule has 1 aromatic carbocycles. The van der Waals surface area contributed by atoms with Crippen molar-refractivity contribution in [3.63, 3.8) is 0 Å². The first-order valence-electron chi connectivity index (χ1n) is 6.42. The number of methoxy groups -OCH3 is 1. The lowest BCUT2D eigenvalue weighted by Crippen LogP contribution is -2.37. The van der Waals surface area contributed by atoms with Crippen LogP contribution in [0.3, 0.4) is 0 Å². The highest BCUT2D eigenvalue weighted by Gasteiger charge is 2.24. The maximum atomic E-state index is 13.2. The SMILES string of the molecule is CCCNC(CC(=O)OC)C(O)c1ccc(F)c(F)c1. The van der Waals surface area contributed by atoms with E-state index in [1.807, 2.05) is 6.92 Å². The van der Waals surface area contributed by atoms with Gasteiger partial charge in [-0.25, -0.2) is 8.78 Å². The second kappa shape index (κ2) is 7.91. The van der Waals surface area contributed by atoms with Gasteiger partial charge in [-0.3, -0.25) is 4.79 Å². The third-order valence-electron chi connectivity index (χ3n) is 2.94. The van der Waals surface area contributed by atoms with E-state index in [1.54, 1.807) is 0 Å². The summed E-state index contributed by atoms with van der Waals surface area (Å²) >= 11 is 0. The van der Waals surface area contributed by atoms with Gasteiger partial charge in [-0.15, -0.1) is 0 Å². The summed E-state index contributed by atoms with van der Waals surface area (Å²) < 4.78 is 30.6. The first-order valence-corrected chi connectivity index (χ1v) is 6.42. The van der Waals surface area contributed by atoms with Gasteiger partial charge in [0.15, 0.2) is 11.6 Å². The molecule has 0 bridgehead atoms. The molecule has 2 N–H and O–H groups in total. The highest BCUT2D eigenvalue weighted by molar-refractivity contribution is 5.70. The molecule has 0 radical (unpaired) electrons. The van der Waals surface area contributed by atoms with Crippen molar-refractivity contribution in [3.05, 3.63) is 35.4 Å². The van der Waals surface area contributed by atoms with Crippen LogP contribution in [0.15, 0.2) is 18.2 Å². The fourth-order valence-corrected chi connectivity index (χ4v) is 1.82. The standard InChI is InChI=1S/C14H19F2NO3/c1-3-6-17-12(8-13(18)20-2)14(19)9-4-5-10(15)11(16)7-9/h4-5,7,12,14,17,19H,3,6,8H2,1-2H3. The van der Waals surface area contributed by atoms with Crippen LogP contribution < -0.4 is 5.32 Å². The average molecular weight is 287 g/mol. The molecule has 0 amide bonds. The molecule has 0 aromatic heterocycles. The number of aliphatic hydroxyl groups excluding tert-OH is 1. The van der Waals surface area contributed by atoms with E-state index in [1.165, 1.54) is 13.2 Å². The number of rotatable bonds is 7. The van der Waals surface area contributed by atoms with E-state index < -0.39 is 29.7 Å². The topological polar surface area (TPSA) is 58.6 Å². The van der Waals surface area contributed by atoms with Crippen LogP contribution in [0.5, 0.6) is 0 Å². The molecular weight excluding hydrogens is 268 g/mol. The van der Waals surface area contributed by atoms with Crippen LogP contribution in [0.2, 0.25) is 0 Å². The van der Waals surface area contributed by atoms with Gasteiger partial charge in [-0.1, -0.05) is 13.0 Å². The summed E-state index contributed by atoms with van der Waals surface area (Å²) in [6.07, 6.45) is -0.380. The lowest BCUT2D eigenvalue weighted by molar-refractivity contribution is -0.142. The Hall–Kier alpha value is -1.53. The number of aliphatic hydroxyl groups is 1. The Kier molecular flexibility index (Phi) is 6.54. The second-order valence-electron chi connectivity index (χ2n) is 4.46.